The molecule has 0 aliphatic carbocycles. The van der Waals surface area contributed by atoms with Crippen LogP contribution in [0.2, 0.25) is 0 Å². The lowest BCUT2D eigenvalue weighted by Crippen LogP contribution is -2.46. The van der Waals surface area contributed by atoms with Gasteiger partial charge in [0.05, 0.1) is 5.75 Å². The number of carbonyl (C=O) groups is 1. The highest BCUT2D eigenvalue weighted by atomic mass is 32.2. The van der Waals surface area contributed by atoms with E-state index in [-0.39, 0.29) is 5.91 Å². The lowest BCUT2D eigenvalue weighted by atomic mass is 10.3. The average Bonchev–Trinajstić information content (AvgIpc) is 2.48. The van der Waals surface area contributed by atoms with Crippen molar-refractivity contribution in [2.24, 2.45) is 0 Å². The Morgan fingerprint density at radius 3 is 2.65 bits per heavy atom. The Morgan fingerprint density at radius 2 is 2.00 bits per heavy atom. The molecule has 1 rings (SSSR count). The molecule has 0 radical (unpaired) electrons. The lowest BCUT2D eigenvalue weighted by molar-refractivity contribution is -0.118. The maximum absolute atomic E-state index is 11.7. The minimum absolute atomic E-state index is 0.171. The van der Waals surface area contributed by atoms with E-state index in [4.69, 9.17) is 0 Å². The SMILES string of the molecule is CCN(CC)CCSCC(=O)NCCN1CCNCC1. The van der Waals surface area contributed by atoms with Crippen molar-refractivity contribution in [3.63, 3.8) is 0 Å². The number of nitrogens with zero attached hydrogens (tertiary/aromatic N) is 2. The molecule has 0 saturated carbocycles. The molecule has 118 valence electrons. The monoisotopic (exact) mass is 302 g/mol. The van der Waals surface area contributed by atoms with Crippen LogP contribution < -0.4 is 10.6 Å². The minimum Gasteiger partial charge on any atom is -0.354 e. The summed E-state index contributed by atoms with van der Waals surface area (Å²) in [6.07, 6.45) is 0. The van der Waals surface area contributed by atoms with E-state index in [2.05, 4.69) is 34.3 Å². The third-order valence-corrected chi connectivity index (χ3v) is 4.58. The smallest absolute Gasteiger partial charge is 0.230 e. The van der Waals surface area contributed by atoms with Gasteiger partial charge < -0.3 is 15.5 Å². The molecule has 1 heterocycles. The highest BCUT2D eigenvalue weighted by Crippen LogP contribution is 2.00. The fraction of sp³-hybridized carbons (Fsp3) is 0.929. The molecule has 0 bridgehead atoms. The fourth-order valence-electron chi connectivity index (χ4n) is 2.24. The number of rotatable bonds is 10. The van der Waals surface area contributed by atoms with Crippen molar-refractivity contribution in [1.29, 1.82) is 0 Å². The van der Waals surface area contributed by atoms with Crippen molar-refractivity contribution >= 4 is 17.7 Å². The Kier molecular flexibility index (Phi) is 10.1. The largest absolute Gasteiger partial charge is 0.354 e. The van der Waals surface area contributed by atoms with Gasteiger partial charge in [-0.1, -0.05) is 13.8 Å². The van der Waals surface area contributed by atoms with Gasteiger partial charge in [0.25, 0.3) is 0 Å². The van der Waals surface area contributed by atoms with Crippen LogP contribution in [0.15, 0.2) is 0 Å². The zero-order valence-electron chi connectivity index (χ0n) is 13.0. The summed E-state index contributed by atoms with van der Waals surface area (Å²) in [5.41, 5.74) is 0. The summed E-state index contributed by atoms with van der Waals surface area (Å²) >= 11 is 1.73. The number of thioether (sulfide) groups is 1. The van der Waals surface area contributed by atoms with E-state index in [0.717, 1.165) is 64.7 Å². The fourth-order valence-corrected chi connectivity index (χ4v) is 3.06. The molecule has 0 unspecified atom stereocenters. The summed E-state index contributed by atoms with van der Waals surface area (Å²) in [5, 5.41) is 6.34. The summed E-state index contributed by atoms with van der Waals surface area (Å²) in [4.78, 5) is 16.5. The van der Waals surface area contributed by atoms with Crippen LogP contribution in [0.4, 0.5) is 0 Å². The van der Waals surface area contributed by atoms with Crippen LogP contribution in [-0.2, 0) is 4.79 Å². The van der Waals surface area contributed by atoms with Crippen molar-refractivity contribution in [2.75, 3.05) is 70.4 Å². The van der Waals surface area contributed by atoms with Gasteiger partial charge in [0.2, 0.25) is 5.91 Å². The zero-order valence-corrected chi connectivity index (χ0v) is 13.8. The van der Waals surface area contributed by atoms with Crippen LogP contribution in [0.25, 0.3) is 0 Å². The van der Waals surface area contributed by atoms with Gasteiger partial charge >= 0.3 is 0 Å². The van der Waals surface area contributed by atoms with Crippen LogP contribution in [0, 0.1) is 0 Å². The first-order valence-electron chi connectivity index (χ1n) is 7.76. The summed E-state index contributed by atoms with van der Waals surface area (Å²) < 4.78 is 0. The number of piperazine rings is 1. The van der Waals surface area contributed by atoms with Crippen LogP contribution in [0.5, 0.6) is 0 Å². The minimum atomic E-state index is 0.171. The zero-order chi connectivity index (χ0) is 14.6. The van der Waals surface area contributed by atoms with Crippen LogP contribution in [0.3, 0.4) is 0 Å². The molecule has 5 nitrogen and oxygen atoms in total. The topological polar surface area (TPSA) is 47.6 Å². The third kappa shape index (κ3) is 8.09. The van der Waals surface area contributed by atoms with Crippen molar-refractivity contribution in [3.8, 4) is 0 Å². The Hall–Kier alpha value is -0.300. The molecule has 0 aromatic heterocycles. The third-order valence-electron chi connectivity index (χ3n) is 3.64. The average molecular weight is 302 g/mol. The molecule has 0 atom stereocenters. The van der Waals surface area contributed by atoms with Gasteiger partial charge in [0.15, 0.2) is 0 Å². The van der Waals surface area contributed by atoms with E-state index < -0.39 is 0 Å². The second-order valence-corrected chi connectivity index (χ2v) is 6.13. The van der Waals surface area contributed by atoms with Crippen molar-refractivity contribution in [3.05, 3.63) is 0 Å². The standard InChI is InChI=1S/C14H30N4OS/c1-3-17(4-2)11-12-20-13-14(19)16-7-10-18-8-5-15-6-9-18/h15H,3-13H2,1-2H3,(H,16,19). The van der Waals surface area contributed by atoms with Crippen LogP contribution in [-0.4, -0.2) is 86.1 Å². The number of hydrogen-bond donors (Lipinski definition) is 2. The molecule has 6 heteroatoms. The number of hydrogen-bond acceptors (Lipinski definition) is 5. The first-order valence-corrected chi connectivity index (χ1v) is 8.91. The number of amides is 1. The maximum Gasteiger partial charge on any atom is 0.230 e. The Labute approximate surface area is 127 Å². The predicted molar refractivity (Wildman–Crippen MR) is 87.4 cm³/mol. The van der Waals surface area contributed by atoms with E-state index >= 15 is 0 Å². The number of carbonyl (C=O) groups excluding carboxylic acids is 1. The first kappa shape index (κ1) is 17.8. The lowest BCUT2D eigenvalue weighted by Gasteiger charge is -2.27. The van der Waals surface area contributed by atoms with Gasteiger partial charge in [-0.05, 0) is 13.1 Å². The van der Waals surface area contributed by atoms with E-state index in [1.807, 2.05) is 0 Å². The van der Waals surface area contributed by atoms with E-state index in [9.17, 15) is 4.79 Å². The normalized spacial score (nSPS) is 16.6. The molecule has 20 heavy (non-hydrogen) atoms. The molecule has 0 spiro atoms. The molecule has 2 N–H and O–H groups in total. The van der Waals surface area contributed by atoms with Crippen molar-refractivity contribution in [2.45, 2.75) is 13.8 Å². The highest BCUT2D eigenvalue weighted by Gasteiger charge is 2.09. The summed E-state index contributed by atoms with van der Waals surface area (Å²) in [6.45, 7) is 13.7. The van der Waals surface area contributed by atoms with Gasteiger partial charge in [0, 0.05) is 51.6 Å². The molecule has 1 fully saturated rings. The van der Waals surface area contributed by atoms with E-state index in [1.54, 1.807) is 11.8 Å². The highest BCUT2D eigenvalue weighted by molar-refractivity contribution is 7.99. The van der Waals surface area contributed by atoms with Gasteiger partial charge in [-0.3, -0.25) is 9.69 Å². The molecule has 0 aromatic carbocycles. The van der Waals surface area contributed by atoms with Crippen molar-refractivity contribution < 1.29 is 4.79 Å². The van der Waals surface area contributed by atoms with E-state index in [0.29, 0.717) is 5.75 Å². The van der Waals surface area contributed by atoms with Crippen LogP contribution in [0.1, 0.15) is 13.8 Å². The molecule has 0 aromatic rings. The quantitative estimate of drug-likeness (QED) is 0.560. The van der Waals surface area contributed by atoms with Crippen LogP contribution >= 0.6 is 11.8 Å². The maximum atomic E-state index is 11.7. The Bertz CT molecular complexity index is 256. The Balaban J connectivity index is 1.94. The molecule has 1 aliphatic rings. The molecular formula is C14H30N4OS. The summed E-state index contributed by atoms with van der Waals surface area (Å²) in [7, 11) is 0. The first-order chi connectivity index (χ1) is 9.76. The molecule has 1 amide bonds. The second-order valence-electron chi connectivity index (χ2n) is 5.02. The summed E-state index contributed by atoms with van der Waals surface area (Å²) in [6, 6.07) is 0. The van der Waals surface area contributed by atoms with Gasteiger partial charge in [-0.15, -0.1) is 0 Å². The molecule has 1 saturated heterocycles. The summed E-state index contributed by atoms with van der Waals surface area (Å²) in [5.74, 6) is 1.79. The molecular weight excluding hydrogens is 272 g/mol. The molecule has 1 aliphatic heterocycles. The van der Waals surface area contributed by atoms with Gasteiger partial charge in [0.1, 0.15) is 0 Å². The van der Waals surface area contributed by atoms with E-state index in [1.165, 1.54) is 0 Å². The second kappa shape index (κ2) is 11.4. The van der Waals surface area contributed by atoms with Crippen molar-refractivity contribution in [1.82, 2.24) is 20.4 Å². The Morgan fingerprint density at radius 1 is 1.30 bits per heavy atom. The number of nitrogens with one attached hydrogen (secondary N) is 2. The van der Waals surface area contributed by atoms with Gasteiger partial charge in [-0.2, -0.15) is 11.8 Å². The predicted octanol–water partition coefficient (Wildman–Crippen LogP) is 0.0828. The van der Waals surface area contributed by atoms with Gasteiger partial charge in [-0.25, -0.2) is 0 Å².